The van der Waals surface area contributed by atoms with Gasteiger partial charge in [0.2, 0.25) is 4.77 Å². The molecule has 0 aliphatic heterocycles. The molecule has 1 aromatic heterocycles. The van der Waals surface area contributed by atoms with Gasteiger partial charge in [-0.05, 0) is 37.3 Å². The van der Waals surface area contributed by atoms with Crippen LogP contribution in [0.2, 0.25) is 0 Å². The van der Waals surface area contributed by atoms with Gasteiger partial charge in [-0.15, -0.1) is 0 Å². The Morgan fingerprint density at radius 1 is 1.23 bits per heavy atom. The van der Waals surface area contributed by atoms with Crippen molar-refractivity contribution in [2.45, 2.75) is 13.5 Å². The number of hydrogen-bond donors (Lipinski definition) is 3. The first-order chi connectivity index (χ1) is 12.6. The van der Waals surface area contributed by atoms with Crippen molar-refractivity contribution in [3.05, 3.63) is 70.8 Å². The molecule has 26 heavy (non-hydrogen) atoms. The van der Waals surface area contributed by atoms with Crippen molar-refractivity contribution in [2.75, 3.05) is 17.3 Å². The molecule has 0 saturated carbocycles. The second-order valence-corrected chi connectivity index (χ2v) is 6.06. The monoisotopic (exact) mass is 369 g/mol. The van der Waals surface area contributed by atoms with Crippen LogP contribution in [0.4, 0.5) is 5.69 Å². The van der Waals surface area contributed by atoms with E-state index in [9.17, 15) is 4.79 Å². The second-order valence-electron chi connectivity index (χ2n) is 5.68. The molecule has 8 heteroatoms. The lowest BCUT2D eigenvalue weighted by atomic mass is 10.2. The molecule has 3 rings (SSSR count). The molecule has 1 heterocycles. The fourth-order valence-electron chi connectivity index (χ4n) is 2.30. The molecule has 0 saturated heterocycles. The minimum Gasteiger partial charge on any atom is -0.483 e. The highest BCUT2D eigenvalue weighted by molar-refractivity contribution is 7.71. The van der Waals surface area contributed by atoms with Gasteiger partial charge in [-0.2, -0.15) is 5.10 Å². The number of ether oxygens (including phenoxy) is 1. The number of aryl methyl sites for hydroxylation is 1. The number of aromatic amines is 1. The van der Waals surface area contributed by atoms with Crippen molar-refractivity contribution < 1.29 is 9.53 Å². The highest BCUT2D eigenvalue weighted by Crippen LogP contribution is 2.18. The molecule has 0 aliphatic carbocycles. The number of nitrogens with zero attached hydrogens (tertiary/aromatic N) is 2. The van der Waals surface area contributed by atoms with Crippen LogP contribution in [0.25, 0.3) is 0 Å². The second kappa shape index (κ2) is 8.30. The first-order valence-electron chi connectivity index (χ1n) is 8.05. The highest BCUT2D eigenvalue weighted by Gasteiger charge is 2.07. The molecule has 0 unspecified atom stereocenters. The Balaban J connectivity index is 1.57. The lowest BCUT2D eigenvalue weighted by Gasteiger charge is -2.13. The third-order valence-corrected chi connectivity index (χ3v) is 3.95. The number of hydrogen-bond acceptors (Lipinski definition) is 5. The van der Waals surface area contributed by atoms with Gasteiger partial charge in [0.15, 0.2) is 6.61 Å². The van der Waals surface area contributed by atoms with Crippen molar-refractivity contribution in [3.8, 4) is 5.75 Å². The zero-order valence-electron chi connectivity index (χ0n) is 14.2. The SMILES string of the molecule is Cc1ccc(NC(=O)COc2ccccc2CNn2cn[nH]c2=S)cc1. The fourth-order valence-corrected chi connectivity index (χ4v) is 2.46. The van der Waals surface area contributed by atoms with E-state index in [1.54, 1.807) is 11.0 Å². The maximum atomic E-state index is 12.1. The zero-order valence-corrected chi connectivity index (χ0v) is 15.0. The predicted molar refractivity (Wildman–Crippen MR) is 102 cm³/mol. The largest absolute Gasteiger partial charge is 0.483 e. The fraction of sp³-hybridized carbons (Fsp3) is 0.167. The summed E-state index contributed by atoms with van der Waals surface area (Å²) in [7, 11) is 0. The van der Waals surface area contributed by atoms with Gasteiger partial charge in [0, 0.05) is 11.3 Å². The van der Waals surface area contributed by atoms with Gasteiger partial charge in [0.1, 0.15) is 12.1 Å². The molecule has 3 aromatic rings. The van der Waals surface area contributed by atoms with Crippen LogP contribution in [0, 0.1) is 11.7 Å². The number of nitrogens with one attached hydrogen (secondary N) is 3. The Bertz CT molecular complexity index is 933. The van der Waals surface area contributed by atoms with Gasteiger partial charge < -0.3 is 15.5 Å². The first-order valence-corrected chi connectivity index (χ1v) is 8.46. The lowest BCUT2D eigenvalue weighted by molar-refractivity contribution is -0.118. The molecule has 0 spiro atoms. The summed E-state index contributed by atoms with van der Waals surface area (Å²) in [5.74, 6) is 0.419. The molecule has 3 N–H and O–H groups in total. The summed E-state index contributed by atoms with van der Waals surface area (Å²) in [6, 6.07) is 15.1. The number of aromatic nitrogens is 3. The van der Waals surface area contributed by atoms with Crippen molar-refractivity contribution in [1.29, 1.82) is 0 Å². The van der Waals surface area contributed by atoms with E-state index in [1.165, 1.54) is 0 Å². The van der Waals surface area contributed by atoms with E-state index in [2.05, 4.69) is 20.9 Å². The third-order valence-electron chi connectivity index (χ3n) is 3.66. The molecular weight excluding hydrogens is 350 g/mol. The maximum Gasteiger partial charge on any atom is 0.262 e. The summed E-state index contributed by atoms with van der Waals surface area (Å²) < 4.78 is 7.76. The van der Waals surface area contributed by atoms with E-state index in [0.717, 1.165) is 16.8 Å². The molecule has 134 valence electrons. The minimum absolute atomic E-state index is 0.0734. The number of benzene rings is 2. The van der Waals surface area contributed by atoms with Gasteiger partial charge in [-0.1, -0.05) is 35.9 Å². The third kappa shape index (κ3) is 4.70. The van der Waals surface area contributed by atoms with E-state index >= 15 is 0 Å². The van der Waals surface area contributed by atoms with Crippen molar-refractivity contribution in [3.63, 3.8) is 0 Å². The number of carbonyl (C=O) groups is 1. The predicted octanol–water partition coefficient (Wildman–Crippen LogP) is 3.01. The van der Waals surface area contributed by atoms with E-state index < -0.39 is 0 Å². The summed E-state index contributed by atoms with van der Waals surface area (Å²) >= 11 is 5.09. The summed E-state index contributed by atoms with van der Waals surface area (Å²) in [6.45, 7) is 2.40. The topological polar surface area (TPSA) is 84.0 Å². The number of anilines is 1. The van der Waals surface area contributed by atoms with Crippen LogP contribution in [0.15, 0.2) is 54.9 Å². The van der Waals surface area contributed by atoms with E-state index in [4.69, 9.17) is 17.0 Å². The molecule has 2 aromatic carbocycles. The van der Waals surface area contributed by atoms with Gasteiger partial charge in [-0.25, -0.2) is 4.68 Å². The Morgan fingerprint density at radius 2 is 2.00 bits per heavy atom. The zero-order chi connectivity index (χ0) is 18.4. The molecular formula is C18H19N5O2S. The van der Waals surface area contributed by atoms with Crippen molar-refractivity contribution in [1.82, 2.24) is 14.9 Å². The van der Waals surface area contributed by atoms with Gasteiger partial charge in [-0.3, -0.25) is 9.89 Å². The smallest absolute Gasteiger partial charge is 0.262 e. The van der Waals surface area contributed by atoms with Crippen LogP contribution in [0.5, 0.6) is 5.75 Å². The average molecular weight is 369 g/mol. The van der Waals surface area contributed by atoms with Crippen LogP contribution in [-0.2, 0) is 11.3 Å². The molecule has 1 amide bonds. The van der Waals surface area contributed by atoms with Gasteiger partial charge in [0.25, 0.3) is 5.91 Å². The summed E-state index contributed by atoms with van der Waals surface area (Å²) in [4.78, 5) is 12.1. The van der Waals surface area contributed by atoms with E-state index in [-0.39, 0.29) is 12.5 Å². The van der Waals surface area contributed by atoms with Crippen LogP contribution >= 0.6 is 12.2 Å². The molecule has 7 nitrogen and oxygen atoms in total. The number of amides is 1. The van der Waals surface area contributed by atoms with Gasteiger partial charge >= 0.3 is 0 Å². The van der Waals surface area contributed by atoms with E-state index in [0.29, 0.717) is 17.1 Å². The number of H-pyrrole nitrogens is 1. The number of para-hydroxylation sites is 1. The Morgan fingerprint density at radius 3 is 2.73 bits per heavy atom. The molecule has 0 radical (unpaired) electrons. The van der Waals surface area contributed by atoms with Crippen molar-refractivity contribution in [2.24, 2.45) is 0 Å². The normalized spacial score (nSPS) is 10.3. The van der Waals surface area contributed by atoms with Crippen molar-refractivity contribution >= 4 is 23.8 Å². The first kappa shape index (κ1) is 17.7. The summed E-state index contributed by atoms with van der Waals surface area (Å²) in [6.07, 6.45) is 1.56. The van der Waals surface area contributed by atoms with E-state index in [1.807, 2.05) is 55.5 Å². The summed E-state index contributed by atoms with van der Waals surface area (Å²) in [5, 5.41) is 9.33. The number of rotatable bonds is 7. The molecule has 0 fully saturated rings. The minimum atomic E-state index is -0.214. The Kier molecular flexibility index (Phi) is 5.65. The maximum absolute atomic E-state index is 12.1. The molecule has 0 bridgehead atoms. The van der Waals surface area contributed by atoms with Crippen LogP contribution in [0.1, 0.15) is 11.1 Å². The molecule has 0 aliphatic rings. The Labute approximate surface area is 156 Å². The van der Waals surface area contributed by atoms with Crippen LogP contribution in [-0.4, -0.2) is 27.4 Å². The Hall–Kier alpha value is -3.13. The van der Waals surface area contributed by atoms with Crippen LogP contribution in [0.3, 0.4) is 0 Å². The highest BCUT2D eigenvalue weighted by atomic mass is 32.1. The number of carbonyl (C=O) groups excluding carboxylic acids is 1. The lowest BCUT2D eigenvalue weighted by Crippen LogP contribution is -2.21. The van der Waals surface area contributed by atoms with Crippen LogP contribution < -0.4 is 15.5 Å². The standard InChI is InChI=1S/C18H19N5O2S/c1-13-6-8-15(9-7-13)21-17(24)11-25-16-5-3-2-4-14(16)10-20-23-12-19-22-18(23)26/h2-9,12,20H,10-11H2,1H3,(H,21,24)(H,22,26). The molecule has 0 atom stereocenters. The average Bonchev–Trinajstić information content (AvgIpc) is 3.06. The quantitative estimate of drug-likeness (QED) is 0.558. The summed E-state index contributed by atoms with van der Waals surface area (Å²) in [5.41, 5.74) is 5.90. The van der Waals surface area contributed by atoms with Gasteiger partial charge in [0.05, 0.1) is 6.54 Å².